The Labute approximate surface area is 180 Å². The average molecular weight is 422 g/mol. The summed E-state index contributed by atoms with van der Waals surface area (Å²) in [4.78, 5) is 16.1. The van der Waals surface area contributed by atoms with E-state index in [1.165, 1.54) is 0 Å². The Morgan fingerprint density at radius 3 is 2.77 bits per heavy atom. The molecule has 154 valence electrons. The van der Waals surface area contributed by atoms with Crippen LogP contribution in [0.4, 0.5) is 0 Å². The van der Waals surface area contributed by atoms with Gasteiger partial charge in [0.2, 0.25) is 5.91 Å². The lowest BCUT2D eigenvalue weighted by Crippen LogP contribution is -2.25. The van der Waals surface area contributed by atoms with Crippen LogP contribution >= 0.6 is 11.6 Å². The lowest BCUT2D eigenvalue weighted by molar-refractivity contribution is -0.119. The Morgan fingerprint density at radius 2 is 2.07 bits per heavy atom. The number of hydrogen-bond acceptors (Lipinski definition) is 4. The number of fused-ring (bicyclic) bond motifs is 1. The van der Waals surface area contributed by atoms with Gasteiger partial charge < -0.3 is 15.8 Å². The molecule has 0 bridgehead atoms. The molecular weight excluding hydrogens is 398 g/mol. The highest BCUT2D eigenvalue weighted by molar-refractivity contribution is 6.31. The first-order valence-electron chi connectivity index (χ1n) is 10.3. The number of nitrogens with two attached hydrogens (primary N) is 1. The van der Waals surface area contributed by atoms with Gasteiger partial charge in [-0.25, -0.2) is 0 Å². The number of rotatable bonds is 5. The van der Waals surface area contributed by atoms with E-state index in [1.807, 2.05) is 43.3 Å². The predicted octanol–water partition coefficient (Wildman–Crippen LogP) is 4.41. The van der Waals surface area contributed by atoms with Crippen molar-refractivity contribution in [3.8, 4) is 16.9 Å². The maximum Gasteiger partial charge on any atom is 0.220 e. The molecule has 2 aliphatic rings. The largest absolute Gasteiger partial charge is 0.490 e. The second kappa shape index (κ2) is 7.25. The second-order valence-electron chi connectivity index (χ2n) is 8.49. The van der Waals surface area contributed by atoms with Crippen LogP contribution in [0.1, 0.15) is 31.7 Å². The van der Waals surface area contributed by atoms with Gasteiger partial charge in [-0.2, -0.15) is 0 Å². The molecule has 1 aromatic heterocycles. The Balaban J connectivity index is 1.52. The van der Waals surface area contributed by atoms with Crippen LogP contribution in [0.15, 0.2) is 48.7 Å². The number of halogens is 1. The van der Waals surface area contributed by atoms with E-state index < -0.39 is 0 Å². The SMILES string of the molecule is CC(Oc1cc(-c2ccc(C3(N)CC3)c(Cl)c2)cc2ncccc12)C1CNC(=O)C1. The van der Waals surface area contributed by atoms with E-state index in [0.717, 1.165) is 46.2 Å². The maximum absolute atomic E-state index is 11.6. The van der Waals surface area contributed by atoms with Crippen LogP contribution in [0, 0.1) is 5.92 Å². The summed E-state index contributed by atoms with van der Waals surface area (Å²) in [6.07, 6.45) is 4.12. The Morgan fingerprint density at radius 1 is 1.23 bits per heavy atom. The number of carbonyl (C=O) groups excluding carboxylic acids is 1. The molecule has 1 amide bonds. The molecule has 1 saturated carbocycles. The highest BCUT2D eigenvalue weighted by Gasteiger charge is 2.41. The zero-order valence-corrected chi connectivity index (χ0v) is 17.6. The minimum absolute atomic E-state index is 0.0822. The lowest BCUT2D eigenvalue weighted by atomic mass is 9.98. The molecule has 6 heteroatoms. The monoisotopic (exact) mass is 421 g/mol. The molecule has 1 saturated heterocycles. The van der Waals surface area contributed by atoms with Gasteiger partial charge in [-0.3, -0.25) is 9.78 Å². The number of benzene rings is 2. The first-order valence-corrected chi connectivity index (χ1v) is 10.7. The second-order valence-corrected chi connectivity index (χ2v) is 8.89. The molecule has 30 heavy (non-hydrogen) atoms. The third kappa shape index (κ3) is 3.53. The Hall–Kier alpha value is -2.63. The number of nitrogens with zero attached hydrogens (tertiary/aromatic N) is 1. The van der Waals surface area contributed by atoms with Crippen molar-refractivity contribution >= 4 is 28.4 Å². The molecular formula is C24H24ClN3O2. The first kappa shape index (κ1) is 19.3. The summed E-state index contributed by atoms with van der Waals surface area (Å²) in [5.41, 5.74) is 9.92. The van der Waals surface area contributed by atoms with Gasteiger partial charge in [-0.15, -0.1) is 0 Å². The molecule has 3 aromatic rings. The van der Waals surface area contributed by atoms with E-state index in [0.29, 0.717) is 18.0 Å². The van der Waals surface area contributed by atoms with Crippen molar-refractivity contribution in [3.05, 3.63) is 59.2 Å². The van der Waals surface area contributed by atoms with E-state index >= 15 is 0 Å². The third-order valence-electron chi connectivity index (χ3n) is 6.30. The minimum Gasteiger partial charge on any atom is -0.490 e. The first-order chi connectivity index (χ1) is 14.4. The molecule has 2 aromatic carbocycles. The molecule has 1 aliphatic carbocycles. The van der Waals surface area contributed by atoms with Gasteiger partial charge in [0, 0.05) is 41.0 Å². The number of carbonyl (C=O) groups is 1. The molecule has 3 N–H and O–H groups in total. The highest BCUT2D eigenvalue weighted by Crippen LogP contribution is 2.46. The maximum atomic E-state index is 11.6. The predicted molar refractivity (Wildman–Crippen MR) is 118 cm³/mol. The number of hydrogen-bond donors (Lipinski definition) is 2. The van der Waals surface area contributed by atoms with Crippen molar-refractivity contribution < 1.29 is 9.53 Å². The van der Waals surface area contributed by atoms with Crippen molar-refractivity contribution in [2.24, 2.45) is 11.7 Å². The summed E-state index contributed by atoms with van der Waals surface area (Å²) in [5.74, 6) is 1.000. The van der Waals surface area contributed by atoms with Crippen LogP contribution < -0.4 is 15.8 Å². The fraction of sp³-hybridized carbons (Fsp3) is 0.333. The van der Waals surface area contributed by atoms with Gasteiger partial charge in [0.1, 0.15) is 11.9 Å². The summed E-state index contributed by atoms with van der Waals surface area (Å²) >= 11 is 6.58. The smallest absolute Gasteiger partial charge is 0.220 e. The van der Waals surface area contributed by atoms with E-state index in [1.54, 1.807) is 6.20 Å². The molecule has 2 atom stereocenters. The number of nitrogens with one attached hydrogen (secondary N) is 1. The molecule has 2 heterocycles. The zero-order valence-electron chi connectivity index (χ0n) is 16.8. The molecule has 5 rings (SSSR count). The number of aromatic nitrogens is 1. The summed E-state index contributed by atoms with van der Waals surface area (Å²) in [7, 11) is 0. The van der Waals surface area contributed by atoms with Crippen molar-refractivity contribution in [2.75, 3.05) is 6.54 Å². The zero-order chi connectivity index (χ0) is 20.9. The van der Waals surface area contributed by atoms with Gasteiger partial charge >= 0.3 is 0 Å². The van der Waals surface area contributed by atoms with Crippen LogP contribution in [-0.2, 0) is 10.3 Å². The van der Waals surface area contributed by atoms with Crippen molar-refractivity contribution in [1.82, 2.24) is 10.3 Å². The quantitative estimate of drug-likeness (QED) is 0.639. The van der Waals surface area contributed by atoms with Gasteiger partial charge in [0.25, 0.3) is 0 Å². The van der Waals surface area contributed by atoms with E-state index in [4.69, 9.17) is 22.1 Å². The standard InChI is InChI=1S/C24H24ClN3O2/c1-14(17-12-23(29)28-13-17)30-22-11-16(10-21-18(22)3-2-8-27-21)15-4-5-19(20(25)9-15)24(26)6-7-24/h2-5,8-11,14,17H,6-7,12-13,26H2,1H3,(H,28,29). The average Bonchev–Trinajstić information content (AvgIpc) is 3.33. The molecule has 2 unspecified atom stereocenters. The van der Waals surface area contributed by atoms with Crippen LogP contribution in [-0.4, -0.2) is 23.5 Å². The third-order valence-corrected chi connectivity index (χ3v) is 6.61. The molecule has 2 fully saturated rings. The highest BCUT2D eigenvalue weighted by atomic mass is 35.5. The topological polar surface area (TPSA) is 77.2 Å². The van der Waals surface area contributed by atoms with Gasteiger partial charge in [-0.1, -0.05) is 23.7 Å². The van der Waals surface area contributed by atoms with Crippen LogP contribution in [0.25, 0.3) is 22.0 Å². The number of ether oxygens (including phenoxy) is 1. The Kier molecular flexibility index (Phi) is 4.68. The van der Waals surface area contributed by atoms with E-state index in [9.17, 15) is 4.79 Å². The fourth-order valence-corrected chi connectivity index (χ4v) is 4.54. The van der Waals surface area contributed by atoms with Crippen LogP contribution in [0.5, 0.6) is 5.75 Å². The van der Waals surface area contributed by atoms with Gasteiger partial charge in [-0.05, 0) is 66.8 Å². The molecule has 1 aliphatic heterocycles. The normalized spacial score (nSPS) is 20.8. The van der Waals surface area contributed by atoms with Crippen LogP contribution in [0.2, 0.25) is 5.02 Å². The van der Waals surface area contributed by atoms with Crippen molar-refractivity contribution in [1.29, 1.82) is 0 Å². The van der Waals surface area contributed by atoms with E-state index in [2.05, 4.69) is 16.4 Å². The lowest BCUT2D eigenvalue weighted by Gasteiger charge is -2.21. The van der Waals surface area contributed by atoms with E-state index in [-0.39, 0.29) is 23.5 Å². The summed E-state index contributed by atoms with van der Waals surface area (Å²) in [6, 6.07) is 14.1. The molecule has 0 spiro atoms. The van der Waals surface area contributed by atoms with Gasteiger partial charge in [0.05, 0.1) is 5.52 Å². The summed E-state index contributed by atoms with van der Waals surface area (Å²) in [5, 5.41) is 4.53. The minimum atomic E-state index is -0.267. The molecule has 5 nitrogen and oxygen atoms in total. The molecule has 0 radical (unpaired) electrons. The number of amides is 1. The fourth-order valence-electron chi connectivity index (χ4n) is 4.17. The van der Waals surface area contributed by atoms with Crippen molar-refractivity contribution in [3.63, 3.8) is 0 Å². The number of pyridine rings is 1. The summed E-state index contributed by atoms with van der Waals surface area (Å²) in [6.45, 7) is 2.66. The summed E-state index contributed by atoms with van der Waals surface area (Å²) < 4.78 is 6.36. The van der Waals surface area contributed by atoms with Crippen LogP contribution in [0.3, 0.4) is 0 Å². The van der Waals surface area contributed by atoms with Gasteiger partial charge in [0.15, 0.2) is 0 Å². The Bertz CT molecular complexity index is 1140. The van der Waals surface area contributed by atoms with Crippen molar-refractivity contribution in [2.45, 2.75) is 37.8 Å².